The average Bonchev–Trinajstić information content (AvgIpc) is 3.40. The number of amides is 3. The zero-order chi connectivity index (χ0) is 34.4. The molecule has 3 aliphatic heterocycles. The molecule has 49 heavy (non-hydrogen) atoms. The van der Waals surface area contributed by atoms with Gasteiger partial charge in [-0.2, -0.15) is 0 Å². The standard InChI is InChI=1S/C34H30Cl2F2N6O5/c1-48-27-13-25-21(32(40-16-39-25)41-24-3-2-22(35)30(36)31(24)38)12-28(27)49-19-6-8-43(9-7-19)14-18-10-17-15-44(34(47)20(17)11-23(18)37)26-4-5-29(45)42-33(26)46/h2-3,10-13,16,19,26H,4-9,14-15H2,1H3,(H,39,40,41)(H,42,45,46). The number of ether oxygens (including phenoxy) is 2. The minimum absolute atomic E-state index is 0.0935. The van der Waals surface area contributed by atoms with Crippen LogP contribution in [0.4, 0.5) is 20.3 Å². The van der Waals surface area contributed by atoms with Crippen LogP contribution in [0.25, 0.3) is 10.9 Å². The Kier molecular flexibility index (Phi) is 8.99. The van der Waals surface area contributed by atoms with E-state index in [1.165, 1.54) is 36.5 Å². The van der Waals surface area contributed by atoms with E-state index in [2.05, 4.69) is 25.5 Å². The molecule has 3 amide bonds. The molecule has 0 radical (unpaired) electrons. The summed E-state index contributed by atoms with van der Waals surface area (Å²) < 4.78 is 42.1. The number of benzene rings is 3. The van der Waals surface area contributed by atoms with Crippen LogP contribution < -0.4 is 20.1 Å². The van der Waals surface area contributed by atoms with Gasteiger partial charge < -0.3 is 19.7 Å². The van der Waals surface area contributed by atoms with Crippen molar-refractivity contribution >= 4 is 63.3 Å². The van der Waals surface area contributed by atoms with Crippen molar-refractivity contribution in [2.45, 2.75) is 50.9 Å². The van der Waals surface area contributed by atoms with E-state index in [9.17, 15) is 18.8 Å². The van der Waals surface area contributed by atoms with Gasteiger partial charge in [0.25, 0.3) is 5.91 Å². The van der Waals surface area contributed by atoms with Gasteiger partial charge in [-0.05, 0) is 55.2 Å². The molecule has 0 saturated carbocycles. The molecule has 1 aromatic heterocycles. The van der Waals surface area contributed by atoms with Crippen LogP contribution in [0.1, 0.15) is 47.2 Å². The van der Waals surface area contributed by atoms with E-state index in [-0.39, 0.29) is 52.7 Å². The van der Waals surface area contributed by atoms with E-state index in [0.29, 0.717) is 71.8 Å². The van der Waals surface area contributed by atoms with E-state index in [0.717, 1.165) is 0 Å². The Balaban J connectivity index is 1.02. The highest BCUT2D eigenvalue weighted by Gasteiger charge is 2.39. The molecule has 7 rings (SSSR count). The van der Waals surface area contributed by atoms with Crippen molar-refractivity contribution in [2.24, 2.45) is 0 Å². The second-order valence-corrected chi connectivity index (χ2v) is 13.0. The van der Waals surface area contributed by atoms with E-state index < -0.39 is 29.5 Å². The lowest BCUT2D eigenvalue weighted by atomic mass is 10.0. The van der Waals surface area contributed by atoms with Gasteiger partial charge >= 0.3 is 0 Å². The number of hydrogen-bond acceptors (Lipinski definition) is 9. The summed E-state index contributed by atoms with van der Waals surface area (Å²) in [5.41, 5.74) is 2.01. The van der Waals surface area contributed by atoms with Gasteiger partial charge in [-0.15, -0.1) is 0 Å². The number of carbonyl (C=O) groups is 3. The molecule has 4 heterocycles. The van der Waals surface area contributed by atoms with Crippen LogP contribution in [0.2, 0.25) is 10.0 Å². The summed E-state index contributed by atoms with van der Waals surface area (Å²) in [6, 6.07) is 8.62. The maximum Gasteiger partial charge on any atom is 0.255 e. The Hall–Kier alpha value is -4.59. The van der Waals surface area contributed by atoms with Crippen LogP contribution >= 0.6 is 23.2 Å². The lowest BCUT2D eigenvalue weighted by Gasteiger charge is -2.32. The molecule has 0 spiro atoms. The number of nitrogens with zero attached hydrogens (tertiary/aromatic N) is 4. The minimum atomic E-state index is -0.759. The first kappa shape index (κ1) is 32.9. The average molecular weight is 712 g/mol. The number of carbonyl (C=O) groups excluding carboxylic acids is 3. The summed E-state index contributed by atoms with van der Waals surface area (Å²) in [7, 11) is 1.53. The highest BCUT2D eigenvalue weighted by molar-refractivity contribution is 6.42. The van der Waals surface area contributed by atoms with Gasteiger partial charge in [0.1, 0.15) is 30.1 Å². The number of methoxy groups -OCH3 is 1. The molecular weight excluding hydrogens is 681 g/mol. The van der Waals surface area contributed by atoms with E-state index in [4.69, 9.17) is 32.7 Å². The van der Waals surface area contributed by atoms with Gasteiger partial charge in [0.2, 0.25) is 11.8 Å². The predicted molar refractivity (Wildman–Crippen MR) is 177 cm³/mol. The Labute approximate surface area is 289 Å². The van der Waals surface area contributed by atoms with Gasteiger partial charge in [0, 0.05) is 55.2 Å². The number of anilines is 2. The third-order valence-corrected chi connectivity index (χ3v) is 9.90. The maximum absolute atomic E-state index is 15.3. The number of likely N-dealkylation sites (tertiary alicyclic amines) is 1. The fraction of sp³-hybridized carbons (Fsp3) is 0.324. The lowest BCUT2D eigenvalue weighted by Crippen LogP contribution is -2.52. The molecular formula is C34H30Cl2F2N6O5. The predicted octanol–water partition coefficient (Wildman–Crippen LogP) is 5.77. The van der Waals surface area contributed by atoms with Crippen molar-refractivity contribution < 1.29 is 32.6 Å². The first-order chi connectivity index (χ1) is 23.6. The highest BCUT2D eigenvalue weighted by atomic mass is 35.5. The molecule has 254 valence electrons. The molecule has 3 aromatic carbocycles. The number of halogens is 4. The van der Waals surface area contributed by atoms with E-state index >= 15 is 4.39 Å². The van der Waals surface area contributed by atoms with Crippen molar-refractivity contribution in [3.63, 3.8) is 0 Å². The van der Waals surface area contributed by atoms with Crippen molar-refractivity contribution in [3.8, 4) is 11.5 Å². The largest absolute Gasteiger partial charge is 0.493 e. The van der Waals surface area contributed by atoms with Crippen LogP contribution in [0.3, 0.4) is 0 Å². The first-order valence-electron chi connectivity index (χ1n) is 15.7. The van der Waals surface area contributed by atoms with Gasteiger partial charge in [-0.3, -0.25) is 24.6 Å². The SMILES string of the molecule is COc1cc2ncnc(Nc3ccc(Cl)c(Cl)c3F)c2cc1OC1CCN(Cc2cc3c(cc2F)C(=O)N(C2CCC(=O)NC2=O)C3)CC1. The topological polar surface area (TPSA) is 126 Å². The lowest BCUT2D eigenvalue weighted by molar-refractivity contribution is -0.136. The summed E-state index contributed by atoms with van der Waals surface area (Å²) >= 11 is 11.9. The van der Waals surface area contributed by atoms with Crippen LogP contribution in [-0.2, 0) is 22.7 Å². The molecule has 0 bridgehead atoms. The van der Waals surface area contributed by atoms with Gasteiger partial charge in [0.15, 0.2) is 17.3 Å². The molecule has 0 aliphatic carbocycles. The number of aromatic nitrogens is 2. The molecule has 2 N–H and O–H groups in total. The minimum Gasteiger partial charge on any atom is -0.493 e. The fourth-order valence-corrected chi connectivity index (χ4v) is 6.84. The van der Waals surface area contributed by atoms with Crippen molar-refractivity contribution in [2.75, 3.05) is 25.5 Å². The Morgan fingerprint density at radius 2 is 1.82 bits per heavy atom. The number of nitrogens with one attached hydrogen (secondary N) is 2. The zero-order valence-corrected chi connectivity index (χ0v) is 27.7. The molecule has 4 aromatic rings. The normalized spacial score (nSPS) is 18.5. The summed E-state index contributed by atoms with van der Waals surface area (Å²) in [5, 5.41) is 5.72. The summed E-state index contributed by atoms with van der Waals surface area (Å²) in [4.78, 5) is 49.2. The summed E-state index contributed by atoms with van der Waals surface area (Å²) in [5.74, 6) is -1.19. The molecule has 1 unspecified atom stereocenters. The second-order valence-electron chi connectivity index (χ2n) is 12.2. The molecule has 2 fully saturated rings. The number of imide groups is 1. The number of rotatable bonds is 8. The fourth-order valence-electron chi connectivity index (χ4n) is 6.53. The quantitative estimate of drug-likeness (QED) is 0.173. The van der Waals surface area contributed by atoms with Gasteiger partial charge in [0.05, 0.1) is 28.4 Å². The number of piperidine rings is 2. The second kappa shape index (κ2) is 13.4. The zero-order valence-electron chi connectivity index (χ0n) is 26.2. The van der Waals surface area contributed by atoms with Crippen molar-refractivity contribution in [3.05, 3.63) is 81.1 Å². The Bertz CT molecular complexity index is 2010. The van der Waals surface area contributed by atoms with Gasteiger partial charge in [-0.1, -0.05) is 23.2 Å². The third-order valence-electron chi connectivity index (χ3n) is 9.12. The maximum atomic E-state index is 15.3. The first-order valence-corrected chi connectivity index (χ1v) is 16.4. The third kappa shape index (κ3) is 6.45. The molecule has 1 atom stereocenters. The van der Waals surface area contributed by atoms with Crippen molar-refractivity contribution in [1.29, 1.82) is 0 Å². The van der Waals surface area contributed by atoms with E-state index in [1.807, 2.05) is 0 Å². The van der Waals surface area contributed by atoms with Crippen LogP contribution in [0.5, 0.6) is 11.5 Å². The number of fused-ring (bicyclic) bond motifs is 2. The number of hydrogen-bond donors (Lipinski definition) is 2. The van der Waals surface area contributed by atoms with Crippen LogP contribution in [0.15, 0.2) is 42.7 Å². The summed E-state index contributed by atoms with van der Waals surface area (Å²) in [6.45, 7) is 1.78. The monoisotopic (exact) mass is 710 g/mol. The molecule has 3 aliphatic rings. The molecule has 15 heteroatoms. The molecule has 2 saturated heterocycles. The Morgan fingerprint density at radius 1 is 1.02 bits per heavy atom. The van der Waals surface area contributed by atoms with E-state index in [1.54, 1.807) is 18.2 Å². The molecule has 11 nitrogen and oxygen atoms in total. The van der Waals surface area contributed by atoms with Crippen LogP contribution in [0, 0.1) is 11.6 Å². The Morgan fingerprint density at radius 3 is 2.57 bits per heavy atom. The smallest absolute Gasteiger partial charge is 0.255 e. The summed E-state index contributed by atoms with van der Waals surface area (Å²) in [6.07, 6.45) is 2.89. The van der Waals surface area contributed by atoms with Crippen LogP contribution in [-0.4, -0.2) is 69.8 Å². The van der Waals surface area contributed by atoms with Crippen molar-refractivity contribution in [1.82, 2.24) is 25.1 Å². The van der Waals surface area contributed by atoms with Gasteiger partial charge in [-0.25, -0.2) is 18.7 Å². The highest BCUT2D eigenvalue weighted by Crippen LogP contribution is 2.38.